The van der Waals surface area contributed by atoms with Crippen molar-refractivity contribution in [1.82, 2.24) is 0 Å². The van der Waals surface area contributed by atoms with Crippen molar-refractivity contribution in [2.75, 3.05) is 27.6 Å². The molecule has 11 fully saturated rings. The minimum atomic E-state index is -1.28. The van der Waals surface area contributed by atoms with Gasteiger partial charge in [0.05, 0.1) is 62.8 Å². The van der Waals surface area contributed by atoms with Gasteiger partial charge in [-0.05, 0) is 106 Å². The van der Waals surface area contributed by atoms with Gasteiger partial charge in [0.1, 0.15) is 5.78 Å². The average molecular weight is 885 g/mol. The lowest BCUT2D eigenvalue weighted by molar-refractivity contribution is -0.399. The van der Waals surface area contributed by atoms with Gasteiger partial charge in [-0.2, -0.15) is 0 Å². The zero-order valence-corrected chi connectivity index (χ0v) is 39.8. The predicted molar refractivity (Wildman–Crippen MR) is 231 cm³/mol. The van der Waals surface area contributed by atoms with Crippen LogP contribution in [0.25, 0.3) is 0 Å². The first-order chi connectivity index (χ1) is 29.3. The van der Waals surface area contributed by atoms with E-state index >= 15 is 0 Å². The average Bonchev–Trinajstić information content (AvgIpc) is 3.63. The second kappa shape index (κ2) is 14.8. The molecule has 3 aliphatic heterocycles. The number of alkyl halides is 2. The maximum absolute atomic E-state index is 13.9. The fourth-order valence-corrected chi connectivity index (χ4v) is 17.4. The molecule has 15 atom stereocenters. The van der Waals surface area contributed by atoms with E-state index in [1.165, 1.54) is 6.92 Å². The maximum atomic E-state index is 13.9. The van der Waals surface area contributed by atoms with Gasteiger partial charge < -0.3 is 33.5 Å². The Morgan fingerprint density at radius 2 is 1.29 bits per heavy atom. The number of Topliss-reactive ketones (excluding diaryl/α,β-unsaturated/α-hetero) is 2. The van der Waals surface area contributed by atoms with Crippen molar-refractivity contribution < 1.29 is 56.7 Å². The summed E-state index contributed by atoms with van der Waals surface area (Å²) in [7, 11) is 1.00. The van der Waals surface area contributed by atoms with Crippen molar-refractivity contribution in [3.05, 3.63) is 36.5 Å². The van der Waals surface area contributed by atoms with Gasteiger partial charge in [0, 0.05) is 54.3 Å². The lowest BCUT2D eigenvalue weighted by atomic mass is 9.38. The molecule has 0 unspecified atom stereocenters. The molecule has 0 aromatic heterocycles. The standard InChI is InChI=1S/C26H36O5.C23H32O5.2CH3F/c1-14-15(2)26-20-12-19-23(4,5)9-8-10-25(19,13-29-16(3)27)21(26)18(28)11-17(14)22(26)31-24(6,7)30-20;1-12-13-10-22(25)18-21(11-26-22)8-6-7-19(2,3)14(21)9-15-23(18,16(12)24)17(13)28-20(4,5)27-15;2*1-2/h17,19-22H,1-2,8-13H2,3-7H3;13-15,17-18,25H,1,6-11H2,2-5H3;2*1H3/t17-,19+,20+,21-,22+,25-,26+;13-,14+,15+,17+,18+,21-,22+,23+;;/m00../s1. The van der Waals surface area contributed by atoms with Gasteiger partial charge >= 0.3 is 5.97 Å². The highest BCUT2D eigenvalue weighted by atomic mass is 19.1. The number of rotatable bonds is 2. The van der Waals surface area contributed by atoms with E-state index in [4.69, 9.17) is 28.4 Å². The van der Waals surface area contributed by atoms with Gasteiger partial charge in [-0.1, -0.05) is 60.3 Å². The van der Waals surface area contributed by atoms with Crippen LogP contribution in [0.3, 0.4) is 0 Å². The molecule has 11 rings (SSSR count). The van der Waals surface area contributed by atoms with E-state index in [1.54, 1.807) is 0 Å². The molecule has 0 amide bonds. The summed E-state index contributed by atoms with van der Waals surface area (Å²) in [6.07, 6.45) is 7.90. The number of carbonyl (C=O) groups excluding carboxylic acids is 3. The van der Waals surface area contributed by atoms with E-state index in [0.717, 1.165) is 62.5 Å². The van der Waals surface area contributed by atoms with Gasteiger partial charge in [0.25, 0.3) is 0 Å². The fraction of sp³-hybridized carbons (Fsp3) is 0.824. The number of ketones is 2. The summed E-state index contributed by atoms with van der Waals surface area (Å²) in [5, 5.41) is 11.8. The Labute approximate surface area is 373 Å². The second-order valence-electron chi connectivity index (χ2n) is 23.4. The van der Waals surface area contributed by atoms with Gasteiger partial charge in [-0.3, -0.25) is 23.2 Å². The van der Waals surface area contributed by atoms with Crippen LogP contribution in [0.2, 0.25) is 0 Å². The summed E-state index contributed by atoms with van der Waals surface area (Å²) in [4.78, 5) is 39.7. The minimum absolute atomic E-state index is 0.0232. The molecule has 0 aromatic carbocycles. The van der Waals surface area contributed by atoms with Crippen molar-refractivity contribution in [2.24, 2.45) is 68.0 Å². The highest BCUT2D eigenvalue weighted by Crippen LogP contribution is 2.79. The quantitative estimate of drug-likeness (QED) is 0.212. The Bertz CT molecular complexity index is 1970. The number of aliphatic hydroxyl groups is 1. The Hall–Kier alpha value is -2.35. The molecular formula is C51H74F2O10. The summed E-state index contributed by atoms with van der Waals surface area (Å²) in [5.74, 6) is -2.99. The molecule has 3 heterocycles. The Morgan fingerprint density at radius 1 is 0.746 bits per heavy atom. The van der Waals surface area contributed by atoms with Crippen molar-refractivity contribution >= 4 is 17.5 Å². The molecule has 11 aliphatic rings. The first kappa shape index (κ1) is 47.2. The molecule has 352 valence electrons. The topological polar surface area (TPSA) is 127 Å². The number of halogens is 2. The molecule has 4 bridgehead atoms. The van der Waals surface area contributed by atoms with Crippen LogP contribution in [-0.4, -0.2) is 92.0 Å². The smallest absolute Gasteiger partial charge is 0.302 e. The third kappa shape index (κ3) is 6.01. The molecule has 3 spiro atoms. The van der Waals surface area contributed by atoms with Crippen LogP contribution in [-0.2, 0) is 42.8 Å². The summed E-state index contributed by atoms with van der Waals surface area (Å²) < 4.78 is 57.2. The summed E-state index contributed by atoms with van der Waals surface area (Å²) in [6, 6.07) is 0. The van der Waals surface area contributed by atoms with Gasteiger partial charge in [0.15, 0.2) is 23.1 Å². The van der Waals surface area contributed by atoms with E-state index in [0.29, 0.717) is 45.3 Å². The fourth-order valence-electron chi connectivity index (χ4n) is 17.4. The highest BCUT2D eigenvalue weighted by molar-refractivity contribution is 6.05. The molecule has 1 N–H and O–H groups in total. The molecule has 0 radical (unpaired) electrons. The number of carbonyl (C=O) groups is 3. The van der Waals surface area contributed by atoms with Crippen LogP contribution >= 0.6 is 0 Å². The molecular weight excluding hydrogens is 811 g/mol. The largest absolute Gasteiger partial charge is 0.465 e. The number of hydrogen-bond acceptors (Lipinski definition) is 10. The van der Waals surface area contributed by atoms with E-state index in [1.807, 2.05) is 27.7 Å². The number of fused-ring (bicyclic) bond motifs is 2. The van der Waals surface area contributed by atoms with E-state index in [9.17, 15) is 28.3 Å². The highest BCUT2D eigenvalue weighted by Gasteiger charge is 2.85. The number of esters is 1. The molecule has 10 nitrogen and oxygen atoms in total. The second-order valence-corrected chi connectivity index (χ2v) is 23.4. The van der Waals surface area contributed by atoms with Crippen LogP contribution in [0.5, 0.6) is 0 Å². The first-order valence-corrected chi connectivity index (χ1v) is 23.5. The molecule has 3 saturated heterocycles. The summed E-state index contributed by atoms with van der Waals surface area (Å²) in [6.45, 7) is 32.4. The van der Waals surface area contributed by atoms with Crippen LogP contribution in [0.15, 0.2) is 36.5 Å². The van der Waals surface area contributed by atoms with E-state index < -0.39 is 33.6 Å². The Balaban J connectivity index is 0.000000161. The molecule has 8 saturated carbocycles. The molecule has 0 aromatic rings. The Morgan fingerprint density at radius 3 is 1.89 bits per heavy atom. The van der Waals surface area contributed by atoms with Gasteiger partial charge in [-0.25, -0.2) is 0 Å². The Kier molecular flexibility index (Phi) is 11.1. The van der Waals surface area contributed by atoms with Crippen molar-refractivity contribution in [3.8, 4) is 0 Å². The SMILES string of the molecule is C=C1C(=C)[C@@]23[C@@H]4OC(C)(C)O[C@@H]2C[C@@H]2C(C)(C)CCC[C@@]2(COC(C)=O)[C@@H]3C(=O)C[C@@H]14.C=C1C(=O)[C@@]23[C@@H]4OC(C)(C)O[C@@H]2C[C@@H]2C(C)(C)CCC[C@]25CO[C@](O)(C[C@@H]14)[C@@H]53.CF.CF. The van der Waals surface area contributed by atoms with Gasteiger partial charge in [0.2, 0.25) is 0 Å². The zero-order chi connectivity index (χ0) is 46.5. The van der Waals surface area contributed by atoms with Crippen LogP contribution in [0.4, 0.5) is 8.78 Å². The van der Waals surface area contributed by atoms with Crippen molar-refractivity contribution in [3.63, 3.8) is 0 Å². The minimum Gasteiger partial charge on any atom is -0.465 e. The van der Waals surface area contributed by atoms with Crippen molar-refractivity contribution in [1.29, 1.82) is 0 Å². The normalized spacial score (nSPS) is 48.9. The van der Waals surface area contributed by atoms with Gasteiger partial charge in [-0.15, -0.1) is 0 Å². The molecule has 63 heavy (non-hydrogen) atoms. The van der Waals surface area contributed by atoms with E-state index in [-0.39, 0.29) is 94.4 Å². The summed E-state index contributed by atoms with van der Waals surface area (Å²) in [5.41, 5.74) is 0.552. The predicted octanol–water partition coefficient (Wildman–Crippen LogP) is 8.98. The maximum Gasteiger partial charge on any atom is 0.302 e. The summed E-state index contributed by atoms with van der Waals surface area (Å²) >= 11 is 0. The zero-order valence-electron chi connectivity index (χ0n) is 39.8. The molecule has 12 heteroatoms. The monoisotopic (exact) mass is 885 g/mol. The number of ether oxygens (including phenoxy) is 6. The first-order valence-electron chi connectivity index (χ1n) is 23.5. The number of hydrogen-bond donors (Lipinski definition) is 1. The van der Waals surface area contributed by atoms with Crippen LogP contribution in [0, 0.1) is 68.0 Å². The lowest BCUT2D eigenvalue weighted by Crippen LogP contribution is -2.75. The lowest BCUT2D eigenvalue weighted by Gasteiger charge is -2.69. The molecule has 8 aliphatic carbocycles. The third-order valence-electron chi connectivity index (χ3n) is 18.9. The van der Waals surface area contributed by atoms with E-state index in [2.05, 4.69) is 47.4 Å². The van der Waals surface area contributed by atoms with Crippen LogP contribution < -0.4 is 0 Å². The van der Waals surface area contributed by atoms with Crippen LogP contribution in [0.1, 0.15) is 127 Å². The third-order valence-corrected chi connectivity index (χ3v) is 18.9. The van der Waals surface area contributed by atoms with Crippen molar-refractivity contribution in [2.45, 2.75) is 168 Å².